The molecule has 0 radical (unpaired) electrons. The van der Waals surface area contributed by atoms with E-state index < -0.39 is 41.9 Å². The van der Waals surface area contributed by atoms with Crippen LogP contribution < -0.4 is 11.2 Å². The Balaban J connectivity index is 0.00000261. The molecule has 150 valence electrons. The standard InChI is InChI=1S/C14H13Br3N2O6S.ClH/c15-8-6(26-12(17)9(8)16)3-14(11(23)10(22)5(4-20)25-14)19-2-1-7(21)18-13(19)24;/h1-2,5,10-11,20,22-23H,3-4H2,(H,18,21,24);1H/t5-,10-,11-,14-;/m1./s1. The van der Waals surface area contributed by atoms with Crippen LogP contribution in [0.3, 0.4) is 0 Å². The lowest BCUT2D eigenvalue weighted by Crippen LogP contribution is -2.52. The van der Waals surface area contributed by atoms with Crippen LogP contribution >= 0.6 is 71.5 Å². The Hall–Kier alpha value is -0.0500. The molecule has 1 aliphatic rings. The molecule has 0 saturated carbocycles. The highest BCUT2D eigenvalue weighted by atomic mass is 79.9. The second kappa shape index (κ2) is 8.76. The van der Waals surface area contributed by atoms with Crippen molar-refractivity contribution >= 4 is 71.5 Å². The van der Waals surface area contributed by atoms with Crippen molar-refractivity contribution < 1.29 is 20.1 Å². The first-order chi connectivity index (χ1) is 12.2. The van der Waals surface area contributed by atoms with E-state index in [1.807, 2.05) is 0 Å². The highest BCUT2D eigenvalue weighted by Crippen LogP contribution is 2.46. The van der Waals surface area contributed by atoms with E-state index in [9.17, 15) is 24.9 Å². The van der Waals surface area contributed by atoms with Gasteiger partial charge in [0.05, 0.1) is 14.9 Å². The molecule has 8 nitrogen and oxygen atoms in total. The molecule has 0 aliphatic carbocycles. The van der Waals surface area contributed by atoms with E-state index in [0.29, 0.717) is 9.35 Å². The summed E-state index contributed by atoms with van der Waals surface area (Å²) in [6.45, 7) is -0.545. The minimum Gasteiger partial charge on any atom is -0.394 e. The summed E-state index contributed by atoms with van der Waals surface area (Å²) in [6, 6.07) is 1.12. The maximum Gasteiger partial charge on any atom is 0.330 e. The van der Waals surface area contributed by atoms with Crippen LogP contribution in [0.1, 0.15) is 4.88 Å². The van der Waals surface area contributed by atoms with Crippen molar-refractivity contribution in [3.63, 3.8) is 0 Å². The lowest BCUT2D eigenvalue weighted by atomic mass is 9.98. The van der Waals surface area contributed by atoms with Gasteiger partial charge in [-0.3, -0.25) is 14.3 Å². The lowest BCUT2D eigenvalue weighted by molar-refractivity contribution is -0.149. The zero-order chi connectivity index (χ0) is 19.2. The van der Waals surface area contributed by atoms with Crippen molar-refractivity contribution in [3.05, 3.63) is 50.7 Å². The number of ether oxygens (including phenoxy) is 1. The maximum absolute atomic E-state index is 12.4. The van der Waals surface area contributed by atoms with E-state index in [1.165, 1.54) is 17.5 Å². The molecule has 1 saturated heterocycles. The molecule has 2 aromatic rings. The van der Waals surface area contributed by atoms with Gasteiger partial charge in [0.15, 0.2) is 5.72 Å². The van der Waals surface area contributed by atoms with Crippen LogP contribution in [-0.2, 0) is 16.9 Å². The van der Waals surface area contributed by atoms with Crippen molar-refractivity contribution in [3.8, 4) is 0 Å². The number of hydrogen-bond acceptors (Lipinski definition) is 7. The Morgan fingerprint density at radius 3 is 2.41 bits per heavy atom. The number of halogens is 4. The first-order valence-corrected chi connectivity index (χ1v) is 10.5. The molecule has 4 atom stereocenters. The van der Waals surface area contributed by atoms with Gasteiger partial charge in [-0.25, -0.2) is 4.79 Å². The first-order valence-electron chi connectivity index (χ1n) is 7.30. The van der Waals surface area contributed by atoms with Crippen LogP contribution in [0.5, 0.6) is 0 Å². The summed E-state index contributed by atoms with van der Waals surface area (Å²) >= 11 is 11.6. The highest BCUT2D eigenvalue weighted by Gasteiger charge is 2.56. The van der Waals surface area contributed by atoms with E-state index in [-0.39, 0.29) is 18.8 Å². The maximum atomic E-state index is 12.4. The summed E-state index contributed by atoms with van der Waals surface area (Å²) in [5.41, 5.74) is -3.11. The molecule has 13 heteroatoms. The SMILES string of the molecule is Cl.O=c1ccn([C@]2(Cc3sc(Br)c(Br)c3Br)O[C@H](CO)[C@@H](O)[C@H]2O)c(=O)[nH]1. The zero-order valence-electron chi connectivity index (χ0n) is 13.3. The molecule has 4 N–H and O–H groups in total. The molecular weight excluding hydrogens is 599 g/mol. The van der Waals surface area contributed by atoms with Crippen LogP contribution in [0.15, 0.2) is 34.6 Å². The third kappa shape index (κ3) is 4.01. The Morgan fingerprint density at radius 1 is 1.26 bits per heavy atom. The van der Waals surface area contributed by atoms with Gasteiger partial charge >= 0.3 is 5.69 Å². The summed E-state index contributed by atoms with van der Waals surface area (Å²) in [6.07, 6.45) is -2.82. The number of H-pyrrole nitrogens is 1. The van der Waals surface area contributed by atoms with E-state index in [4.69, 9.17) is 4.74 Å². The summed E-state index contributed by atoms with van der Waals surface area (Å²) < 4.78 is 9.06. The van der Waals surface area contributed by atoms with Crippen LogP contribution in [0.25, 0.3) is 0 Å². The van der Waals surface area contributed by atoms with Gasteiger partial charge in [-0.1, -0.05) is 0 Å². The van der Waals surface area contributed by atoms with E-state index >= 15 is 0 Å². The number of aliphatic hydroxyl groups excluding tert-OH is 3. The number of hydrogen-bond donors (Lipinski definition) is 4. The molecule has 0 aromatic carbocycles. The van der Waals surface area contributed by atoms with E-state index in [0.717, 1.165) is 18.9 Å². The quantitative estimate of drug-likeness (QED) is 0.413. The lowest BCUT2D eigenvalue weighted by Gasteiger charge is -2.33. The summed E-state index contributed by atoms with van der Waals surface area (Å²) in [5.74, 6) is 0. The van der Waals surface area contributed by atoms with Crippen LogP contribution in [0, 0.1) is 0 Å². The molecule has 0 unspecified atom stereocenters. The summed E-state index contributed by atoms with van der Waals surface area (Å²) in [5, 5.41) is 30.4. The average molecular weight is 614 g/mol. The second-order valence-electron chi connectivity index (χ2n) is 5.70. The van der Waals surface area contributed by atoms with Gasteiger partial charge in [-0.2, -0.15) is 0 Å². The Morgan fingerprint density at radius 2 is 1.93 bits per heavy atom. The molecule has 0 spiro atoms. The first kappa shape index (κ1) is 23.2. The fourth-order valence-corrected chi connectivity index (χ4v) is 6.17. The predicted molar refractivity (Wildman–Crippen MR) is 112 cm³/mol. The van der Waals surface area contributed by atoms with Gasteiger partial charge in [0.1, 0.15) is 18.3 Å². The number of aromatic nitrogens is 2. The third-order valence-electron chi connectivity index (χ3n) is 4.17. The van der Waals surface area contributed by atoms with Gasteiger partial charge in [-0.15, -0.1) is 23.7 Å². The van der Waals surface area contributed by atoms with Gasteiger partial charge in [0.2, 0.25) is 0 Å². The number of nitrogens with zero attached hydrogens (tertiary/aromatic N) is 1. The summed E-state index contributed by atoms with van der Waals surface area (Å²) in [7, 11) is 0. The fourth-order valence-electron chi connectivity index (χ4n) is 2.91. The molecule has 0 bridgehead atoms. The van der Waals surface area contributed by atoms with Crippen LogP contribution in [0.2, 0.25) is 0 Å². The number of aromatic amines is 1. The van der Waals surface area contributed by atoms with Gasteiger partial charge in [0, 0.05) is 28.0 Å². The topological polar surface area (TPSA) is 125 Å². The zero-order valence-corrected chi connectivity index (χ0v) is 19.7. The van der Waals surface area contributed by atoms with Crippen molar-refractivity contribution in [2.45, 2.75) is 30.5 Å². The normalized spacial score (nSPS) is 27.6. The summed E-state index contributed by atoms with van der Waals surface area (Å²) in [4.78, 5) is 26.6. The van der Waals surface area contributed by atoms with Crippen molar-refractivity contribution in [1.82, 2.24) is 9.55 Å². The Bertz CT molecular complexity index is 950. The average Bonchev–Trinajstić information content (AvgIpc) is 2.98. The van der Waals surface area contributed by atoms with Gasteiger partial charge in [0.25, 0.3) is 5.56 Å². The minimum absolute atomic E-state index is 0. The van der Waals surface area contributed by atoms with E-state index in [1.54, 1.807) is 0 Å². The van der Waals surface area contributed by atoms with Crippen LogP contribution in [-0.4, -0.2) is 49.8 Å². The van der Waals surface area contributed by atoms with Crippen molar-refractivity contribution in [2.24, 2.45) is 0 Å². The molecular formula is C14H14Br3ClN2O6S. The second-order valence-corrected chi connectivity index (χ2v) is 9.71. The molecule has 3 rings (SSSR count). The smallest absolute Gasteiger partial charge is 0.330 e. The van der Waals surface area contributed by atoms with Gasteiger partial charge < -0.3 is 20.1 Å². The van der Waals surface area contributed by atoms with Crippen molar-refractivity contribution in [2.75, 3.05) is 6.61 Å². The molecule has 2 aromatic heterocycles. The highest BCUT2D eigenvalue weighted by molar-refractivity contribution is 9.14. The largest absolute Gasteiger partial charge is 0.394 e. The molecule has 0 amide bonds. The number of thiophene rings is 1. The minimum atomic E-state index is -1.71. The predicted octanol–water partition coefficient (Wildman–Crippen LogP) is 1.32. The van der Waals surface area contributed by atoms with Crippen LogP contribution in [0.4, 0.5) is 0 Å². The Kier molecular flexibility index (Phi) is 7.53. The molecule has 27 heavy (non-hydrogen) atoms. The van der Waals surface area contributed by atoms with E-state index in [2.05, 4.69) is 52.8 Å². The molecule has 1 fully saturated rings. The monoisotopic (exact) mass is 610 g/mol. The molecule has 3 heterocycles. The third-order valence-corrected chi connectivity index (χ3v) is 9.29. The van der Waals surface area contributed by atoms with Crippen molar-refractivity contribution in [1.29, 1.82) is 0 Å². The number of nitrogens with one attached hydrogen (secondary N) is 1. The fraction of sp³-hybridized carbons (Fsp3) is 0.429. The molecule has 1 aliphatic heterocycles. The number of rotatable bonds is 4. The number of aliphatic hydroxyl groups is 3. The Labute approximate surface area is 188 Å². The van der Waals surface area contributed by atoms with Gasteiger partial charge in [-0.05, 0) is 47.8 Å².